The Morgan fingerprint density at radius 1 is 1.11 bits per heavy atom. The number of carbonyl (C=O) groups excluding carboxylic acids is 2. The molecular formula is C18H12ClF4NO3. The highest BCUT2D eigenvalue weighted by Gasteiger charge is 2.33. The third kappa shape index (κ3) is 5.82. The molecule has 0 saturated heterocycles. The zero-order valence-corrected chi connectivity index (χ0v) is 14.3. The molecule has 142 valence electrons. The zero-order valence-electron chi connectivity index (χ0n) is 13.5. The number of hydrogen-bond donors (Lipinski definition) is 1. The minimum Gasteiger partial charge on any atom is -0.452 e. The smallest absolute Gasteiger partial charge is 0.418 e. The van der Waals surface area contributed by atoms with Crippen molar-refractivity contribution >= 4 is 35.2 Å². The van der Waals surface area contributed by atoms with E-state index in [1.165, 1.54) is 24.3 Å². The Balaban J connectivity index is 1.95. The third-order valence-electron chi connectivity index (χ3n) is 3.24. The quantitative estimate of drug-likeness (QED) is 0.449. The van der Waals surface area contributed by atoms with Gasteiger partial charge in [-0.25, -0.2) is 9.18 Å². The summed E-state index contributed by atoms with van der Waals surface area (Å²) in [5.41, 5.74) is -1.53. The molecule has 0 aliphatic carbocycles. The second kappa shape index (κ2) is 8.68. The molecule has 0 aliphatic heterocycles. The standard InChI is InChI=1S/C18H12ClF4NO3/c19-13-5-3-6-14(20)11(13)8-9-17(26)27-10-16(25)24-15-7-2-1-4-12(15)18(21,22)23/h1-9H,10H2,(H,24,25)/b9-8+. The van der Waals surface area contributed by atoms with E-state index in [4.69, 9.17) is 11.6 Å². The van der Waals surface area contributed by atoms with Crippen molar-refractivity contribution in [1.82, 2.24) is 0 Å². The van der Waals surface area contributed by atoms with Gasteiger partial charge in [0, 0.05) is 11.6 Å². The Morgan fingerprint density at radius 3 is 2.48 bits per heavy atom. The first-order valence-corrected chi connectivity index (χ1v) is 7.81. The van der Waals surface area contributed by atoms with Crippen molar-refractivity contribution in [2.45, 2.75) is 6.18 Å². The molecule has 4 nitrogen and oxygen atoms in total. The van der Waals surface area contributed by atoms with Crippen LogP contribution >= 0.6 is 11.6 Å². The fourth-order valence-corrected chi connectivity index (χ4v) is 2.26. The largest absolute Gasteiger partial charge is 0.452 e. The van der Waals surface area contributed by atoms with E-state index in [0.717, 1.165) is 30.4 Å². The number of para-hydroxylation sites is 1. The van der Waals surface area contributed by atoms with Gasteiger partial charge in [-0.05, 0) is 30.3 Å². The van der Waals surface area contributed by atoms with Crippen molar-refractivity contribution in [2.24, 2.45) is 0 Å². The van der Waals surface area contributed by atoms with E-state index in [1.807, 2.05) is 5.32 Å². The van der Waals surface area contributed by atoms with Crippen LogP contribution in [0.1, 0.15) is 11.1 Å². The monoisotopic (exact) mass is 401 g/mol. The van der Waals surface area contributed by atoms with Gasteiger partial charge in [0.2, 0.25) is 0 Å². The van der Waals surface area contributed by atoms with Gasteiger partial charge in [0.1, 0.15) is 5.82 Å². The number of hydrogen-bond acceptors (Lipinski definition) is 3. The summed E-state index contributed by atoms with van der Waals surface area (Å²) >= 11 is 5.78. The number of carbonyl (C=O) groups is 2. The number of halogens is 5. The van der Waals surface area contributed by atoms with Crippen molar-refractivity contribution in [1.29, 1.82) is 0 Å². The fraction of sp³-hybridized carbons (Fsp3) is 0.111. The maximum absolute atomic E-state index is 13.5. The molecule has 0 aliphatic rings. The van der Waals surface area contributed by atoms with Crippen molar-refractivity contribution in [2.75, 3.05) is 11.9 Å². The average Bonchev–Trinajstić information content (AvgIpc) is 2.59. The molecule has 0 aromatic heterocycles. The van der Waals surface area contributed by atoms with Crippen LogP contribution in [0.4, 0.5) is 23.2 Å². The van der Waals surface area contributed by atoms with Crippen molar-refractivity contribution < 1.29 is 31.9 Å². The van der Waals surface area contributed by atoms with E-state index in [9.17, 15) is 27.2 Å². The van der Waals surface area contributed by atoms with E-state index in [0.29, 0.717) is 0 Å². The second-order valence-corrected chi connectivity index (χ2v) is 5.58. The summed E-state index contributed by atoms with van der Waals surface area (Å²) < 4.78 is 56.7. The first-order chi connectivity index (χ1) is 12.7. The molecule has 0 spiro atoms. The van der Waals surface area contributed by atoms with E-state index in [2.05, 4.69) is 4.74 Å². The van der Waals surface area contributed by atoms with E-state index < -0.39 is 41.7 Å². The van der Waals surface area contributed by atoms with Crippen LogP contribution in [-0.4, -0.2) is 18.5 Å². The normalized spacial score (nSPS) is 11.4. The van der Waals surface area contributed by atoms with Crippen LogP contribution in [0.25, 0.3) is 6.08 Å². The Morgan fingerprint density at radius 2 is 1.81 bits per heavy atom. The molecule has 1 N–H and O–H groups in total. The van der Waals surface area contributed by atoms with Crippen LogP contribution in [0.5, 0.6) is 0 Å². The number of nitrogens with one attached hydrogen (secondary N) is 1. The van der Waals surface area contributed by atoms with Gasteiger partial charge in [0.05, 0.1) is 16.3 Å². The van der Waals surface area contributed by atoms with Crippen LogP contribution in [-0.2, 0) is 20.5 Å². The van der Waals surface area contributed by atoms with Gasteiger partial charge in [-0.15, -0.1) is 0 Å². The van der Waals surface area contributed by atoms with E-state index >= 15 is 0 Å². The number of esters is 1. The molecule has 0 heterocycles. The molecule has 9 heteroatoms. The molecule has 0 atom stereocenters. The lowest BCUT2D eigenvalue weighted by Crippen LogP contribution is -2.22. The second-order valence-electron chi connectivity index (χ2n) is 5.17. The lowest BCUT2D eigenvalue weighted by atomic mass is 10.1. The third-order valence-corrected chi connectivity index (χ3v) is 3.57. The van der Waals surface area contributed by atoms with Crippen molar-refractivity contribution in [3.8, 4) is 0 Å². The Kier molecular flexibility index (Phi) is 6.57. The fourth-order valence-electron chi connectivity index (χ4n) is 2.03. The number of benzene rings is 2. The van der Waals surface area contributed by atoms with Crippen LogP contribution in [0.15, 0.2) is 48.5 Å². The van der Waals surface area contributed by atoms with Gasteiger partial charge in [-0.1, -0.05) is 29.8 Å². The lowest BCUT2D eigenvalue weighted by Gasteiger charge is -2.13. The van der Waals surface area contributed by atoms with Gasteiger partial charge in [0.25, 0.3) is 5.91 Å². The predicted molar refractivity (Wildman–Crippen MR) is 91.5 cm³/mol. The molecule has 2 aromatic rings. The molecule has 0 bridgehead atoms. The van der Waals surface area contributed by atoms with Crippen LogP contribution in [0, 0.1) is 5.82 Å². The molecule has 0 unspecified atom stereocenters. The van der Waals surface area contributed by atoms with E-state index in [1.54, 1.807) is 0 Å². The van der Waals surface area contributed by atoms with Crippen LogP contribution in [0.3, 0.4) is 0 Å². The number of rotatable bonds is 5. The van der Waals surface area contributed by atoms with Gasteiger partial charge >= 0.3 is 12.1 Å². The molecule has 1 amide bonds. The minimum absolute atomic E-state index is 0.0420. The van der Waals surface area contributed by atoms with Gasteiger partial charge in [-0.2, -0.15) is 13.2 Å². The van der Waals surface area contributed by atoms with Gasteiger partial charge < -0.3 is 10.1 Å². The van der Waals surface area contributed by atoms with Crippen molar-refractivity contribution in [3.05, 3.63) is 70.5 Å². The summed E-state index contributed by atoms with van der Waals surface area (Å²) in [6, 6.07) is 8.32. The summed E-state index contributed by atoms with van der Waals surface area (Å²) in [7, 11) is 0. The number of amides is 1. The highest BCUT2D eigenvalue weighted by molar-refractivity contribution is 6.32. The molecule has 2 rings (SSSR count). The molecular weight excluding hydrogens is 390 g/mol. The number of anilines is 1. The topological polar surface area (TPSA) is 55.4 Å². The highest BCUT2D eigenvalue weighted by atomic mass is 35.5. The zero-order chi connectivity index (χ0) is 20.0. The molecule has 0 fully saturated rings. The molecule has 27 heavy (non-hydrogen) atoms. The minimum atomic E-state index is -4.65. The number of alkyl halides is 3. The SMILES string of the molecule is O=C(COC(=O)/C=C/c1c(F)cccc1Cl)Nc1ccccc1C(F)(F)F. The average molecular weight is 402 g/mol. The summed E-state index contributed by atoms with van der Waals surface area (Å²) in [6.45, 7) is -0.819. The van der Waals surface area contributed by atoms with Gasteiger partial charge in [-0.3, -0.25) is 4.79 Å². The highest BCUT2D eigenvalue weighted by Crippen LogP contribution is 2.34. The lowest BCUT2D eigenvalue weighted by molar-refractivity contribution is -0.142. The predicted octanol–water partition coefficient (Wildman–Crippen LogP) is 4.69. The summed E-state index contributed by atoms with van der Waals surface area (Å²) in [4.78, 5) is 23.3. The summed E-state index contributed by atoms with van der Waals surface area (Å²) in [6.07, 6.45) is -2.74. The Hall–Kier alpha value is -2.87. The van der Waals surface area contributed by atoms with E-state index in [-0.39, 0.29) is 10.6 Å². The van der Waals surface area contributed by atoms with Gasteiger partial charge in [0.15, 0.2) is 6.61 Å². The Labute approximate surface area is 156 Å². The van der Waals surface area contributed by atoms with Crippen LogP contribution < -0.4 is 5.32 Å². The number of ether oxygens (including phenoxy) is 1. The molecule has 0 radical (unpaired) electrons. The summed E-state index contributed by atoms with van der Waals surface area (Å²) in [5, 5.41) is 2.09. The van der Waals surface area contributed by atoms with Crippen LogP contribution in [0.2, 0.25) is 5.02 Å². The maximum atomic E-state index is 13.5. The maximum Gasteiger partial charge on any atom is 0.418 e. The van der Waals surface area contributed by atoms with Crippen molar-refractivity contribution in [3.63, 3.8) is 0 Å². The molecule has 0 saturated carbocycles. The first kappa shape index (κ1) is 20.4. The first-order valence-electron chi connectivity index (χ1n) is 7.43. The molecule has 2 aromatic carbocycles. The summed E-state index contributed by atoms with van der Waals surface area (Å²) in [5.74, 6) is -2.61. The Bertz CT molecular complexity index is 861.